The van der Waals surface area contributed by atoms with Gasteiger partial charge < -0.3 is 4.57 Å². The molecule has 0 N–H and O–H groups in total. The molecule has 0 unspecified atom stereocenters. The molecule has 0 radical (unpaired) electrons. The van der Waals surface area contributed by atoms with Crippen LogP contribution in [0.5, 0.6) is 0 Å². The molecule has 268 valence electrons. The van der Waals surface area contributed by atoms with E-state index in [-0.39, 0.29) is 0 Å². The van der Waals surface area contributed by atoms with Gasteiger partial charge >= 0.3 is 0 Å². The van der Waals surface area contributed by atoms with Crippen molar-refractivity contribution in [2.75, 3.05) is 0 Å². The van der Waals surface area contributed by atoms with Gasteiger partial charge in [0.05, 0.1) is 33.3 Å². The highest BCUT2D eigenvalue weighted by Crippen LogP contribution is 2.40. The molecule has 5 heteroatoms. The number of benzene rings is 8. The van der Waals surface area contributed by atoms with Crippen molar-refractivity contribution < 1.29 is 0 Å². The highest BCUT2D eigenvalue weighted by molar-refractivity contribution is 7.04. The Hall–Kier alpha value is -7.08. The van der Waals surface area contributed by atoms with Crippen LogP contribution in [-0.2, 0) is 0 Å². The number of nitrogens with zero attached hydrogens (tertiary/aromatic N) is 4. The van der Waals surface area contributed by atoms with Gasteiger partial charge in [-0.25, -0.2) is 9.97 Å². The van der Waals surface area contributed by atoms with Crippen LogP contribution in [0.1, 0.15) is 0 Å². The van der Waals surface area contributed by atoms with Gasteiger partial charge in [-0.1, -0.05) is 153 Å². The standard InChI is InChI=1S/C52H36N4Si/c1-57(2)47-24-14-11-21-40(47)49-48(57)30-28-41-50(33-15-5-3-6-16-33)53-52(54-51(41)49)56-44-23-13-10-20-38(44)42-31-34(26-29-45(42)56)35-25-27-39-37-19-9-12-22-43(37)55(46(39)32-35)36-17-7-4-8-18-36/h3-32H,1-2H3. The molecule has 0 saturated carbocycles. The Morgan fingerprint density at radius 2 is 1.00 bits per heavy atom. The summed E-state index contributed by atoms with van der Waals surface area (Å²) in [6, 6.07) is 66.1. The molecule has 8 aromatic carbocycles. The van der Waals surface area contributed by atoms with Crippen molar-refractivity contribution >= 4 is 73.0 Å². The Bertz CT molecular complexity index is 3430. The number of aromatic nitrogens is 4. The molecular formula is C52H36N4Si. The molecule has 57 heavy (non-hydrogen) atoms. The molecule has 0 spiro atoms. The molecule has 0 amide bonds. The van der Waals surface area contributed by atoms with Crippen LogP contribution < -0.4 is 10.4 Å². The zero-order chi connectivity index (χ0) is 37.8. The lowest BCUT2D eigenvalue weighted by Crippen LogP contribution is -2.49. The van der Waals surface area contributed by atoms with E-state index in [2.05, 4.69) is 204 Å². The number of hydrogen-bond donors (Lipinski definition) is 0. The quantitative estimate of drug-likeness (QED) is 0.168. The lowest BCUT2D eigenvalue weighted by atomic mass is 9.99. The maximum atomic E-state index is 5.59. The van der Waals surface area contributed by atoms with Crippen LogP contribution >= 0.6 is 0 Å². The van der Waals surface area contributed by atoms with Crippen LogP contribution in [0, 0.1) is 0 Å². The molecule has 11 aromatic rings. The van der Waals surface area contributed by atoms with Gasteiger partial charge in [-0.2, -0.15) is 0 Å². The first-order chi connectivity index (χ1) is 28.0. The highest BCUT2D eigenvalue weighted by Gasteiger charge is 2.39. The van der Waals surface area contributed by atoms with Gasteiger partial charge in [0.2, 0.25) is 5.95 Å². The second-order valence-electron chi connectivity index (χ2n) is 15.8. The molecule has 3 aromatic heterocycles. The van der Waals surface area contributed by atoms with E-state index in [9.17, 15) is 0 Å². The van der Waals surface area contributed by atoms with Crippen LogP contribution in [0.25, 0.3) is 99.7 Å². The second-order valence-corrected chi connectivity index (χ2v) is 20.1. The third kappa shape index (κ3) is 4.60. The molecule has 0 aliphatic carbocycles. The van der Waals surface area contributed by atoms with Crippen molar-refractivity contribution in [2.45, 2.75) is 13.1 Å². The first-order valence-electron chi connectivity index (χ1n) is 19.7. The molecule has 4 nitrogen and oxygen atoms in total. The predicted molar refractivity (Wildman–Crippen MR) is 241 cm³/mol. The smallest absolute Gasteiger partial charge is 0.235 e. The van der Waals surface area contributed by atoms with E-state index in [0.29, 0.717) is 5.95 Å². The van der Waals surface area contributed by atoms with E-state index in [4.69, 9.17) is 9.97 Å². The van der Waals surface area contributed by atoms with Crippen LogP contribution in [-0.4, -0.2) is 27.2 Å². The van der Waals surface area contributed by atoms with Crippen molar-refractivity contribution in [3.63, 3.8) is 0 Å². The number of para-hydroxylation sites is 3. The van der Waals surface area contributed by atoms with Crippen LogP contribution in [0.4, 0.5) is 0 Å². The van der Waals surface area contributed by atoms with Gasteiger partial charge in [0, 0.05) is 43.7 Å². The van der Waals surface area contributed by atoms with E-state index in [1.54, 1.807) is 0 Å². The lowest BCUT2D eigenvalue weighted by Gasteiger charge is -2.19. The third-order valence-corrected chi connectivity index (χ3v) is 15.9. The summed E-state index contributed by atoms with van der Waals surface area (Å²) in [6.45, 7) is 4.93. The van der Waals surface area contributed by atoms with Crippen LogP contribution in [0.2, 0.25) is 13.1 Å². The van der Waals surface area contributed by atoms with Gasteiger partial charge in [-0.15, -0.1) is 0 Å². The van der Waals surface area contributed by atoms with Crippen LogP contribution in [0.3, 0.4) is 0 Å². The Labute approximate surface area is 331 Å². The molecule has 12 rings (SSSR count). The van der Waals surface area contributed by atoms with E-state index < -0.39 is 8.07 Å². The zero-order valence-corrected chi connectivity index (χ0v) is 32.6. The minimum Gasteiger partial charge on any atom is -0.309 e. The fraction of sp³-hybridized carbons (Fsp3) is 0.0385. The average Bonchev–Trinajstić information content (AvgIpc) is 3.86. The Kier molecular flexibility index (Phi) is 6.75. The van der Waals surface area contributed by atoms with Crippen molar-refractivity contribution in [3.8, 4) is 45.1 Å². The Morgan fingerprint density at radius 3 is 1.81 bits per heavy atom. The third-order valence-electron chi connectivity index (χ3n) is 12.3. The zero-order valence-electron chi connectivity index (χ0n) is 31.6. The van der Waals surface area contributed by atoms with Gasteiger partial charge in [0.1, 0.15) is 8.07 Å². The predicted octanol–water partition coefficient (Wildman–Crippen LogP) is 12.0. The molecule has 0 bridgehead atoms. The Morgan fingerprint density at radius 1 is 0.404 bits per heavy atom. The van der Waals surface area contributed by atoms with Crippen molar-refractivity contribution in [1.82, 2.24) is 19.1 Å². The highest BCUT2D eigenvalue weighted by atomic mass is 28.3. The summed E-state index contributed by atoms with van der Waals surface area (Å²) in [5.41, 5.74) is 13.7. The van der Waals surface area contributed by atoms with Crippen LogP contribution in [0.15, 0.2) is 182 Å². The normalized spacial score (nSPS) is 13.2. The first-order valence-corrected chi connectivity index (χ1v) is 22.7. The Balaban J connectivity index is 1.10. The molecule has 0 atom stereocenters. The summed E-state index contributed by atoms with van der Waals surface area (Å²) >= 11 is 0. The van der Waals surface area contributed by atoms with E-state index in [1.807, 2.05) is 0 Å². The SMILES string of the molecule is C[Si]1(C)c2ccccc2-c2c1ccc1c(-c3ccccc3)nc(-n3c4ccccc4c4cc(-c5ccc6c7ccccc7n(-c7ccccc7)c6c5)ccc43)nc21. The summed E-state index contributed by atoms with van der Waals surface area (Å²) in [5.74, 6) is 0.686. The van der Waals surface area contributed by atoms with Gasteiger partial charge in [0.15, 0.2) is 0 Å². The fourth-order valence-corrected chi connectivity index (χ4v) is 12.7. The monoisotopic (exact) mass is 744 g/mol. The minimum absolute atomic E-state index is 0.686. The van der Waals surface area contributed by atoms with Gasteiger partial charge in [0.25, 0.3) is 0 Å². The number of fused-ring (bicyclic) bond motifs is 11. The van der Waals surface area contributed by atoms with Crippen molar-refractivity contribution in [2.24, 2.45) is 0 Å². The number of rotatable bonds is 4. The van der Waals surface area contributed by atoms with E-state index in [0.717, 1.165) is 38.9 Å². The van der Waals surface area contributed by atoms with E-state index in [1.165, 1.54) is 65.2 Å². The van der Waals surface area contributed by atoms with E-state index >= 15 is 0 Å². The second kappa shape index (κ2) is 12.0. The fourth-order valence-electron chi connectivity index (χ4n) is 9.66. The summed E-state index contributed by atoms with van der Waals surface area (Å²) in [6.07, 6.45) is 0. The maximum absolute atomic E-state index is 5.59. The average molecular weight is 745 g/mol. The molecule has 0 fully saturated rings. The molecule has 1 aliphatic rings. The summed E-state index contributed by atoms with van der Waals surface area (Å²) in [5, 5.41) is 8.85. The molecule has 0 saturated heterocycles. The molecule has 1 aliphatic heterocycles. The summed E-state index contributed by atoms with van der Waals surface area (Å²) in [4.78, 5) is 11.1. The molecular weight excluding hydrogens is 709 g/mol. The largest absolute Gasteiger partial charge is 0.309 e. The number of hydrogen-bond acceptors (Lipinski definition) is 2. The summed E-state index contributed by atoms with van der Waals surface area (Å²) in [7, 11) is -1.92. The minimum atomic E-state index is -1.92. The first kappa shape index (κ1) is 32.2. The maximum Gasteiger partial charge on any atom is 0.235 e. The van der Waals surface area contributed by atoms with Crippen molar-refractivity contribution in [3.05, 3.63) is 182 Å². The molecule has 4 heterocycles. The van der Waals surface area contributed by atoms with Crippen molar-refractivity contribution in [1.29, 1.82) is 0 Å². The van der Waals surface area contributed by atoms with Gasteiger partial charge in [-0.3, -0.25) is 4.57 Å². The van der Waals surface area contributed by atoms with Gasteiger partial charge in [-0.05, 0) is 69.5 Å². The summed E-state index contributed by atoms with van der Waals surface area (Å²) < 4.78 is 4.67. The lowest BCUT2D eigenvalue weighted by molar-refractivity contribution is 1.01. The topological polar surface area (TPSA) is 35.6 Å².